The molecule has 5 nitrogen and oxygen atoms in total. The molecule has 1 saturated carbocycles. The van der Waals surface area contributed by atoms with E-state index in [1.165, 1.54) is 35.4 Å². The summed E-state index contributed by atoms with van der Waals surface area (Å²) in [6.07, 6.45) is 9.68. The average molecular weight is 387 g/mol. The van der Waals surface area contributed by atoms with Gasteiger partial charge in [-0.2, -0.15) is 5.10 Å². The molecular formula is C21H30N4OS. The Kier molecular flexibility index (Phi) is 5.35. The fraction of sp³-hybridized carbons (Fsp3) is 0.667. The summed E-state index contributed by atoms with van der Waals surface area (Å²) >= 11 is 1.70. The van der Waals surface area contributed by atoms with E-state index in [0.717, 1.165) is 43.1 Å². The van der Waals surface area contributed by atoms with Crippen molar-refractivity contribution >= 4 is 22.4 Å². The van der Waals surface area contributed by atoms with Crippen molar-refractivity contribution in [2.24, 2.45) is 11.8 Å². The van der Waals surface area contributed by atoms with Gasteiger partial charge in [-0.1, -0.05) is 33.1 Å². The van der Waals surface area contributed by atoms with Crippen LogP contribution in [0.5, 0.6) is 0 Å². The molecule has 2 heterocycles. The number of hydrogen-bond acceptors (Lipinski definition) is 4. The van der Waals surface area contributed by atoms with Crippen LogP contribution in [0.2, 0.25) is 0 Å². The smallest absolute Gasteiger partial charge is 0.231 e. The van der Waals surface area contributed by atoms with Crippen LogP contribution >= 0.6 is 11.3 Å². The van der Waals surface area contributed by atoms with E-state index < -0.39 is 0 Å². The van der Waals surface area contributed by atoms with Crippen LogP contribution in [0.4, 0.5) is 5.13 Å². The van der Waals surface area contributed by atoms with Gasteiger partial charge >= 0.3 is 0 Å². The number of anilines is 1. The number of nitrogens with zero attached hydrogens (tertiary/aromatic N) is 4. The Bertz CT molecular complexity index is 816. The standard InChI is InChI=1S/C21H30N4OS/c1-4-24(20(26)15-8-6-5-7-9-15)21-23-19-16-12-22-25(13-14(2)3)17(16)10-11-18(19)27-21/h12,14-15H,4-11,13H2,1-3H3. The molecule has 0 N–H and O–H groups in total. The van der Waals surface area contributed by atoms with Crippen LogP contribution in [0.15, 0.2) is 6.20 Å². The van der Waals surface area contributed by atoms with Crippen LogP contribution in [-0.2, 0) is 24.2 Å². The molecule has 2 aromatic rings. The van der Waals surface area contributed by atoms with Crippen molar-refractivity contribution in [3.8, 4) is 11.3 Å². The van der Waals surface area contributed by atoms with E-state index in [1.54, 1.807) is 11.3 Å². The van der Waals surface area contributed by atoms with Crippen LogP contribution in [-0.4, -0.2) is 27.2 Å². The van der Waals surface area contributed by atoms with Crippen LogP contribution in [0.1, 0.15) is 63.4 Å². The van der Waals surface area contributed by atoms with Crippen molar-refractivity contribution in [3.05, 3.63) is 16.8 Å². The summed E-state index contributed by atoms with van der Waals surface area (Å²) in [5.41, 5.74) is 3.52. The molecule has 0 radical (unpaired) electrons. The maximum atomic E-state index is 13.1. The molecule has 6 heteroatoms. The Morgan fingerprint density at radius 2 is 2.07 bits per heavy atom. The van der Waals surface area contributed by atoms with E-state index in [4.69, 9.17) is 4.98 Å². The van der Waals surface area contributed by atoms with Gasteiger partial charge < -0.3 is 0 Å². The second-order valence-electron chi connectivity index (χ2n) is 8.27. The van der Waals surface area contributed by atoms with Gasteiger partial charge in [-0.05, 0) is 38.5 Å². The van der Waals surface area contributed by atoms with Gasteiger partial charge in [0.05, 0.1) is 11.9 Å². The van der Waals surface area contributed by atoms with Crippen LogP contribution < -0.4 is 4.90 Å². The maximum Gasteiger partial charge on any atom is 0.231 e. The van der Waals surface area contributed by atoms with Gasteiger partial charge in [-0.25, -0.2) is 4.98 Å². The Hall–Kier alpha value is -1.69. The van der Waals surface area contributed by atoms with Gasteiger partial charge in [0.15, 0.2) is 5.13 Å². The zero-order valence-electron chi connectivity index (χ0n) is 16.7. The third kappa shape index (κ3) is 3.56. The van der Waals surface area contributed by atoms with Gasteiger partial charge in [0, 0.05) is 35.1 Å². The molecule has 0 spiro atoms. The van der Waals surface area contributed by atoms with Crippen molar-refractivity contribution in [3.63, 3.8) is 0 Å². The minimum atomic E-state index is 0.184. The molecule has 0 saturated heterocycles. The first-order valence-corrected chi connectivity index (χ1v) is 11.3. The van der Waals surface area contributed by atoms with Crippen LogP contribution in [0, 0.1) is 11.8 Å². The summed E-state index contributed by atoms with van der Waals surface area (Å²) < 4.78 is 2.15. The first kappa shape index (κ1) is 18.7. The minimum Gasteiger partial charge on any atom is -0.288 e. The highest BCUT2D eigenvalue weighted by Gasteiger charge is 2.30. The van der Waals surface area contributed by atoms with E-state index in [0.29, 0.717) is 12.5 Å². The Balaban J connectivity index is 1.61. The zero-order valence-corrected chi connectivity index (χ0v) is 17.5. The van der Waals surface area contributed by atoms with E-state index in [-0.39, 0.29) is 11.8 Å². The monoisotopic (exact) mass is 386 g/mol. The Labute approximate surface area is 165 Å². The molecule has 146 valence electrons. The average Bonchev–Trinajstić information content (AvgIpc) is 3.26. The lowest BCUT2D eigenvalue weighted by molar-refractivity contribution is -0.123. The number of hydrogen-bond donors (Lipinski definition) is 0. The highest BCUT2D eigenvalue weighted by molar-refractivity contribution is 7.16. The van der Waals surface area contributed by atoms with Crippen molar-refractivity contribution in [1.29, 1.82) is 0 Å². The van der Waals surface area contributed by atoms with Crippen molar-refractivity contribution in [2.45, 2.75) is 72.3 Å². The Morgan fingerprint density at radius 3 is 2.78 bits per heavy atom. The second kappa shape index (κ2) is 7.74. The van der Waals surface area contributed by atoms with Gasteiger partial charge in [0.25, 0.3) is 0 Å². The lowest BCUT2D eigenvalue weighted by Crippen LogP contribution is -2.36. The summed E-state index contributed by atoms with van der Waals surface area (Å²) in [6, 6.07) is 0. The van der Waals surface area contributed by atoms with Gasteiger partial charge in [0.1, 0.15) is 0 Å². The highest BCUT2D eigenvalue weighted by Crippen LogP contribution is 2.40. The molecule has 0 atom stereocenters. The summed E-state index contributed by atoms with van der Waals surface area (Å²) in [7, 11) is 0. The highest BCUT2D eigenvalue weighted by atomic mass is 32.1. The van der Waals surface area contributed by atoms with Crippen LogP contribution in [0.3, 0.4) is 0 Å². The normalized spacial score (nSPS) is 17.0. The number of fused-ring (bicyclic) bond motifs is 3. The molecule has 1 amide bonds. The van der Waals surface area contributed by atoms with Crippen LogP contribution in [0.25, 0.3) is 11.3 Å². The largest absolute Gasteiger partial charge is 0.288 e. The molecule has 2 aromatic heterocycles. The number of rotatable bonds is 5. The molecule has 0 bridgehead atoms. The first-order valence-electron chi connectivity index (χ1n) is 10.4. The lowest BCUT2D eigenvalue weighted by Gasteiger charge is -2.26. The van der Waals surface area contributed by atoms with Gasteiger partial charge in [-0.15, -0.1) is 11.3 Å². The van der Waals surface area contributed by atoms with E-state index in [2.05, 4.69) is 30.6 Å². The lowest BCUT2D eigenvalue weighted by atomic mass is 9.88. The van der Waals surface area contributed by atoms with Gasteiger partial charge in [-0.3, -0.25) is 14.4 Å². The number of carbonyl (C=O) groups excluding carboxylic acids is 1. The van der Waals surface area contributed by atoms with Gasteiger partial charge in [0.2, 0.25) is 5.91 Å². The number of carbonyl (C=O) groups is 1. The molecule has 0 unspecified atom stereocenters. The number of amides is 1. The molecule has 1 fully saturated rings. The van der Waals surface area contributed by atoms with E-state index >= 15 is 0 Å². The second-order valence-corrected chi connectivity index (χ2v) is 9.33. The maximum absolute atomic E-state index is 13.1. The Morgan fingerprint density at radius 1 is 1.30 bits per heavy atom. The molecule has 2 aliphatic carbocycles. The molecule has 0 aliphatic heterocycles. The number of aryl methyl sites for hydroxylation is 1. The molecular weight excluding hydrogens is 356 g/mol. The number of aromatic nitrogens is 3. The zero-order chi connectivity index (χ0) is 19.0. The van der Waals surface area contributed by atoms with Crippen molar-refractivity contribution < 1.29 is 4.79 Å². The fourth-order valence-corrected chi connectivity index (χ4v) is 5.54. The molecule has 4 rings (SSSR count). The minimum absolute atomic E-state index is 0.184. The SMILES string of the molecule is CCN(C(=O)C1CCCCC1)c1nc2c(s1)CCc1c-2cnn1CC(C)C. The summed E-state index contributed by atoms with van der Waals surface area (Å²) in [5.74, 6) is 1.04. The summed E-state index contributed by atoms with van der Waals surface area (Å²) in [4.78, 5) is 21.3. The molecule has 2 aliphatic rings. The quantitative estimate of drug-likeness (QED) is 0.749. The van der Waals surface area contributed by atoms with E-state index in [1.807, 2.05) is 11.1 Å². The van der Waals surface area contributed by atoms with E-state index in [9.17, 15) is 4.79 Å². The fourth-order valence-electron chi connectivity index (χ4n) is 4.40. The topological polar surface area (TPSA) is 51.0 Å². The third-order valence-electron chi connectivity index (χ3n) is 5.78. The van der Waals surface area contributed by atoms with Crippen molar-refractivity contribution in [2.75, 3.05) is 11.4 Å². The predicted octanol–water partition coefficient (Wildman–Crippen LogP) is 4.69. The first-order chi connectivity index (χ1) is 13.1. The molecule has 0 aromatic carbocycles. The summed E-state index contributed by atoms with van der Waals surface area (Å²) in [5, 5.41) is 5.50. The molecule has 27 heavy (non-hydrogen) atoms. The number of thiazole rings is 1. The third-order valence-corrected chi connectivity index (χ3v) is 6.92. The van der Waals surface area contributed by atoms with Crippen molar-refractivity contribution in [1.82, 2.24) is 14.8 Å². The summed E-state index contributed by atoms with van der Waals surface area (Å²) in [6.45, 7) is 8.15. The predicted molar refractivity (Wildman–Crippen MR) is 110 cm³/mol.